The molecule has 1 heterocycles. The highest BCUT2D eigenvalue weighted by molar-refractivity contribution is 5.78. The summed E-state index contributed by atoms with van der Waals surface area (Å²) in [6.45, 7) is 2.28. The summed E-state index contributed by atoms with van der Waals surface area (Å²) in [5.41, 5.74) is 5.79. The van der Waals surface area contributed by atoms with Crippen molar-refractivity contribution in [1.29, 1.82) is 0 Å². The fraction of sp³-hybridized carbons (Fsp3) is 0.909. The van der Waals surface area contributed by atoms with Gasteiger partial charge in [0.15, 0.2) is 5.96 Å². The number of aliphatic hydroxyl groups excluding tert-OH is 4. The van der Waals surface area contributed by atoms with Gasteiger partial charge in [-0.15, -0.1) is 0 Å². The first-order chi connectivity index (χ1) is 8.52. The molecule has 0 saturated carbocycles. The molecule has 0 bridgehead atoms. The van der Waals surface area contributed by atoms with Crippen molar-refractivity contribution in [2.45, 2.75) is 44.1 Å². The Morgan fingerprint density at radius 2 is 2.00 bits per heavy atom. The molecule has 0 aromatic carbocycles. The number of unbranched alkanes of at least 4 members (excludes halogenated alkanes) is 1. The molecule has 6 N–H and O–H groups in total. The summed E-state index contributed by atoms with van der Waals surface area (Å²) in [6.07, 6.45) is -1.75. The molecule has 7 heteroatoms. The van der Waals surface area contributed by atoms with E-state index in [0.717, 1.165) is 12.8 Å². The molecule has 7 nitrogen and oxygen atoms in total. The molecule has 0 aromatic rings. The molecule has 1 rings (SSSR count). The SMILES string of the molecule is CCCCN=C(N)N1C[C@H](O)[C@@H](O)[C@@H](O)[C@H]1CO. The van der Waals surface area contributed by atoms with Gasteiger partial charge >= 0.3 is 0 Å². The van der Waals surface area contributed by atoms with Crippen molar-refractivity contribution in [3.63, 3.8) is 0 Å². The zero-order valence-corrected chi connectivity index (χ0v) is 10.6. The van der Waals surface area contributed by atoms with Gasteiger partial charge in [0.2, 0.25) is 0 Å². The zero-order valence-electron chi connectivity index (χ0n) is 10.6. The molecule has 1 aliphatic heterocycles. The van der Waals surface area contributed by atoms with Gasteiger partial charge in [-0.05, 0) is 6.42 Å². The second-order valence-corrected chi connectivity index (χ2v) is 4.54. The molecular weight excluding hydrogens is 238 g/mol. The predicted molar refractivity (Wildman–Crippen MR) is 67.0 cm³/mol. The first kappa shape index (κ1) is 15.2. The van der Waals surface area contributed by atoms with Crippen LogP contribution in [0.25, 0.3) is 0 Å². The number of piperidine rings is 1. The summed E-state index contributed by atoms with van der Waals surface area (Å²) in [5, 5.41) is 38.2. The lowest BCUT2D eigenvalue weighted by Gasteiger charge is -2.43. The number of aliphatic imine (C=N–C) groups is 1. The zero-order chi connectivity index (χ0) is 13.7. The molecule has 0 aliphatic carbocycles. The minimum Gasteiger partial charge on any atom is -0.394 e. The summed E-state index contributed by atoms with van der Waals surface area (Å²) in [5.74, 6) is 0.174. The van der Waals surface area contributed by atoms with Crippen molar-refractivity contribution in [2.24, 2.45) is 10.7 Å². The molecule has 0 aromatic heterocycles. The number of nitrogens with zero attached hydrogens (tertiary/aromatic N) is 2. The van der Waals surface area contributed by atoms with Gasteiger partial charge in [0.05, 0.1) is 12.6 Å². The number of guanidine groups is 1. The number of hydrogen-bond donors (Lipinski definition) is 5. The van der Waals surface area contributed by atoms with Crippen LogP contribution in [0.2, 0.25) is 0 Å². The maximum absolute atomic E-state index is 9.78. The summed E-state index contributed by atoms with van der Waals surface area (Å²) < 4.78 is 0. The van der Waals surface area contributed by atoms with E-state index in [2.05, 4.69) is 4.99 Å². The van der Waals surface area contributed by atoms with E-state index in [0.29, 0.717) is 6.54 Å². The molecule has 4 atom stereocenters. The Balaban J connectivity index is 2.75. The molecule has 1 fully saturated rings. The van der Waals surface area contributed by atoms with E-state index >= 15 is 0 Å². The highest BCUT2D eigenvalue weighted by atomic mass is 16.4. The second-order valence-electron chi connectivity index (χ2n) is 4.54. The summed E-state index contributed by atoms with van der Waals surface area (Å²) in [6, 6.07) is -0.742. The van der Waals surface area contributed by atoms with Crippen molar-refractivity contribution in [3.05, 3.63) is 0 Å². The monoisotopic (exact) mass is 261 g/mol. The molecular formula is C11H23N3O4. The lowest BCUT2D eigenvalue weighted by atomic mass is 9.94. The van der Waals surface area contributed by atoms with Crippen LogP contribution in [0.1, 0.15) is 19.8 Å². The summed E-state index contributed by atoms with van der Waals surface area (Å²) >= 11 is 0. The lowest BCUT2D eigenvalue weighted by Crippen LogP contribution is -2.65. The molecule has 0 radical (unpaired) electrons. The second kappa shape index (κ2) is 6.89. The van der Waals surface area contributed by atoms with Crippen LogP contribution in [0.3, 0.4) is 0 Å². The van der Waals surface area contributed by atoms with Crippen LogP contribution in [-0.2, 0) is 0 Å². The van der Waals surface area contributed by atoms with Crippen molar-refractivity contribution in [3.8, 4) is 0 Å². The quantitative estimate of drug-likeness (QED) is 0.224. The van der Waals surface area contributed by atoms with Gasteiger partial charge in [-0.1, -0.05) is 13.3 Å². The number of aliphatic hydroxyl groups is 4. The summed E-state index contributed by atoms with van der Waals surface area (Å²) in [4.78, 5) is 5.58. The summed E-state index contributed by atoms with van der Waals surface area (Å²) in [7, 11) is 0. The Morgan fingerprint density at radius 1 is 1.33 bits per heavy atom. The lowest BCUT2D eigenvalue weighted by molar-refractivity contribution is -0.128. The van der Waals surface area contributed by atoms with Crippen LogP contribution in [0.4, 0.5) is 0 Å². The van der Waals surface area contributed by atoms with Gasteiger partial charge in [-0.3, -0.25) is 4.99 Å². The normalized spacial score (nSPS) is 33.8. The smallest absolute Gasteiger partial charge is 0.191 e. The predicted octanol–water partition coefficient (Wildman–Crippen LogP) is -2.14. The number of nitrogens with two attached hydrogens (primary N) is 1. The number of rotatable bonds is 4. The van der Waals surface area contributed by atoms with Crippen molar-refractivity contribution >= 4 is 5.96 Å². The fourth-order valence-corrected chi connectivity index (χ4v) is 2.00. The Labute approximate surface area is 107 Å². The molecule has 0 unspecified atom stereocenters. The Bertz CT molecular complexity index is 287. The molecule has 1 aliphatic rings. The largest absolute Gasteiger partial charge is 0.394 e. The van der Waals surface area contributed by atoms with Crippen molar-refractivity contribution < 1.29 is 20.4 Å². The topological polar surface area (TPSA) is 123 Å². The highest BCUT2D eigenvalue weighted by Crippen LogP contribution is 2.18. The first-order valence-corrected chi connectivity index (χ1v) is 6.24. The fourth-order valence-electron chi connectivity index (χ4n) is 2.00. The first-order valence-electron chi connectivity index (χ1n) is 6.24. The molecule has 0 spiro atoms. The van der Waals surface area contributed by atoms with E-state index in [1.807, 2.05) is 6.92 Å². The van der Waals surface area contributed by atoms with Crippen LogP contribution in [0, 0.1) is 0 Å². The van der Waals surface area contributed by atoms with Crippen molar-refractivity contribution in [1.82, 2.24) is 4.90 Å². The van der Waals surface area contributed by atoms with Crippen LogP contribution in [-0.4, -0.2) is 75.3 Å². The highest BCUT2D eigenvalue weighted by Gasteiger charge is 2.41. The van der Waals surface area contributed by atoms with E-state index in [-0.39, 0.29) is 19.1 Å². The van der Waals surface area contributed by atoms with Gasteiger partial charge < -0.3 is 31.1 Å². The third kappa shape index (κ3) is 3.32. The maximum atomic E-state index is 9.78. The Morgan fingerprint density at radius 3 is 2.56 bits per heavy atom. The van der Waals surface area contributed by atoms with Crippen LogP contribution in [0.5, 0.6) is 0 Å². The van der Waals surface area contributed by atoms with Gasteiger partial charge in [-0.25, -0.2) is 0 Å². The number of β-amino-alcohol motifs (C(OH)–C–C–N with tert-alkyl or cyclic N) is 1. The average Bonchev–Trinajstić information content (AvgIpc) is 2.35. The Hall–Kier alpha value is -0.890. The van der Waals surface area contributed by atoms with Crippen LogP contribution < -0.4 is 5.73 Å². The van der Waals surface area contributed by atoms with Gasteiger partial charge in [-0.2, -0.15) is 0 Å². The van der Waals surface area contributed by atoms with E-state index in [1.165, 1.54) is 4.90 Å². The van der Waals surface area contributed by atoms with E-state index in [9.17, 15) is 20.4 Å². The third-order valence-corrected chi connectivity index (χ3v) is 3.19. The van der Waals surface area contributed by atoms with Gasteiger partial charge in [0.25, 0.3) is 0 Å². The maximum Gasteiger partial charge on any atom is 0.191 e. The van der Waals surface area contributed by atoms with Gasteiger partial charge in [0, 0.05) is 13.1 Å². The van der Waals surface area contributed by atoms with Crippen LogP contribution >= 0.6 is 0 Å². The minimum atomic E-state index is -1.28. The van der Waals surface area contributed by atoms with E-state index in [1.54, 1.807) is 0 Å². The van der Waals surface area contributed by atoms with Crippen molar-refractivity contribution in [2.75, 3.05) is 19.7 Å². The van der Waals surface area contributed by atoms with Gasteiger partial charge in [0.1, 0.15) is 18.3 Å². The molecule has 18 heavy (non-hydrogen) atoms. The molecule has 106 valence electrons. The minimum absolute atomic E-state index is 0.0465. The molecule has 1 saturated heterocycles. The van der Waals surface area contributed by atoms with Crippen LogP contribution in [0.15, 0.2) is 4.99 Å². The standard InChI is InChI=1S/C11H23N3O4/c1-2-3-4-13-11(12)14-5-8(16)10(18)9(17)7(14)6-15/h7-10,15-18H,2-6H2,1H3,(H2,12,13)/t7-,8+,9+,10-/m1/s1. The Kier molecular flexibility index (Phi) is 5.80. The van der Waals surface area contributed by atoms with E-state index in [4.69, 9.17) is 5.73 Å². The van der Waals surface area contributed by atoms with E-state index < -0.39 is 24.4 Å². The average molecular weight is 261 g/mol. The third-order valence-electron chi connectivity index (χ3n) is 3.19. The molecule has 0 amide bonds. The number of likely N-dealkylation sites (tertiary alicyclic amines) is 1. The number of hydrogen-bond acceptors (Lipinski definition) is 5.